The molecule has 0 N–H and O–H groups in total. The predicted octanol–water partition coefficient (Wildman–Crippen LogP) is 6.36. The van der Waals surface area contributed by atoms with Crippen LogP contribution in [-0.4, -0.2) is 26.9 Å². The molecule has 0 atom stereocenters. The average Bonchev–Trinajstić information content (AvgIpc) is 3.28. The van der Waals surface area contributed by atoms with Crippen LogP contribution in [0.15, 0.2) is 82.1 Å². The van der Waals surface area contributed by atoms with Gasteiger partial charge in [-0.3, -0.25) is 4.79 Å². The molecule has 0 aliphatic carbocycles. The zero-order valence-electron chi connectivity index (χ0n) is 21.1. The molecule has 0 aliphatic heterocycles. The van der Waals surface area contributed by atoms with Crippen LogP contribution in [0.25, 0.3) is 22.3 Å². The van der Waals surface area contributed by atoms with Gasteiger partial charge in [-0.15, -0.1) is 0 Å². The van der Waals surface area contributed by atoms with Crippen LogP contribution in [-0.2, 0) is 26.0 Å². The number of sulfonamides is 1. The summed E-state index contributed by atoms with van der Waals surface area (Å²) in [6, 6.07) is 20.2. The molecule has 0 unspecified atom stereocenters. The van der Waals surface area contributed by atoms with Gasteiger partial charge in [0.1, 0.15) is 16.9 Å². The highest BCUT2D eigenvalue weighted by Crippen LogP contribution is 2.37. The van der Waals surface area contributed by atoms with E-state index in [1.54, 1.807) is 25.1 Å². The van der Waals surface area contributed by atoms with Crippen molar-refractivity contribution in [3.05, 3.63) is 83.9 Å². The molecule has 3 aromatic carbocycles. The van der Waals surface area contributed by atoms with Gasteiger partial charge in [-0.05, 0) is 55.7 Å². The Bertz CT molecular complexity index is 1520. The minimum atomic E-state index is -4.22. The standard InChI is InChI=1S/C29H29NO6S/c1-4-10-26(31)30(37(33,34)23-16-13-20(5-2)14-17-23)22-15-18-25-24(19-22)27(29(32)35-6-3)28(36-25)21-11-8-7-9-12-21/h7-9,11-19H,4-6,10H2,1-3H3. The van der Waals surface area contributed by atoms with E-state index in [1.807, 2.05) is 44.2 Å². The summed E-state index contributed by atoms with van der Waals surface area (Å²) in [5, 5.41) is 0.362. The van der Waals surface area contributed by atoms with Gasteiger partial charge >= 0.3 is 5.97 Å². The number of aryl methyl sites for hydroxylation is 1. The maximum absolute atomic E-state index is 13.7. The minimum Gasteiger partial charge on any atom is -0.462 e. The van der Waals surface area contributed by atoms with E-state index in [1.165, 1.54) is 24.3 Å². The van der Waals surface area contributed by atoms with Crippen molar-refractivity contribution in [3.63, 3.8) is 0 Å². The first kappa shape index (κ1) is 26.2. The van der Waals surface area contributed by atoms with Gasteiger partial charge in [0.15, 0.2) is 0 Å². The monoisotopic (exact) mass is 519 g/mol. The molecule has 0 aliphatic rings. The van der Waals surface area contributed by atoms with Gasteiger partial charge in [0, 0.05) is 17.4 Å². The van der Waals surface area contributed by atoms with E-state index in [4.69, 9.17) is 9.15 Å². The molecule has 37 heavy (non-hydrogen) atoms. The maximum Gasteiger partial charge on any atom is 0.342 e. The number of rotatable bonds is 9. The summed E-state index contributed by atoms with van der Waals surface area (Å²) < 4.78 is 39.6. The third-order valence-corrected chi connectivity index (χ3v) is 7.74. The van der Waals surface area contributed by atoms with E-state index < -0.39 is 21.9 Å². The number of amides is 1. The molecule has 8 heteroatoms. The summed E-state index contributed by atoms with van der Waals surface area (Å²) in [5.41, 5.74) is 2.33. The number of hydrogen-bond acceptors (Lipinski definition) is 6. The number of hydrogen-bond donors (Lipinski definition) is 0. The number of furan rings is 1. The lowest BCUT2D eigenvalue weighted by molar-refractivity contribution is -0.117. The van der Waals surface area contributed by atoms with Crippen LogP contribution >= 0.6 is 0 Å². The Morgan fingerprint density at radius 2 is 1.62 bits per heavy atom. The van der Waals surface area contributed by atoms with Crippen molar-refractivity contribution < 1.29 is 27.2 Å². The Labute approximate surface area is 216 Å². The van der Waals surface area contributed by atoms with Crippen molar-refractivity contribution in [2.24, 2.45) is 0 Å². The number of fused-ring (bicyclic) bond motifs is 1. The molecule has 1 amide bonds. The maximum atomic E-state index is 13.7. The molecule has 0 radical (unpaired) electrons. The summed E-state index contributed by atoms with van der Waals surface area (Å²) in [4.78, 5) is 26.2. The number of anilines is 1. The van der Waals surface area contributed by atoms with Crippen LogP contribution in [0.3, 0.4) is 0 Å². The van der Waals surface area contributed by atoms with E-state index >= 15 is 0 Å². The summed E-state index contributed by atoms with van der Waals surface area (Å²) in [6.45, 7) is 5.65. The first-order chi connectivity index (χ1) is 17.8. The fourth-order valence-corrected chi connectivity index (χ4v) is 5.59. The topological polar surface area (TPSA) is 93.9 Å². The van der Waals surface area contributed by atoms with Crippen LogP contribution in [0.2, 0.25) is 0 Å². The molecule has 0 saturated carbocycles. The highest BCUT2D eigenvalue weighted by Gasteiger charge is 2.32. The number of ether oxygens (including phenoxy) is 1. The quantitative estimate of drug-likeness (QED) is 0.239. The molecule has 1 heterocycles. The molecule has 4 aromatic rings. The van der Waals surface area contributed by atoms with Gasteiger partial charge in [-0.1, -0.05) is 56.3 Å². The Morgan fingerprint density at radius 1 is 0.919 bits per heavy atom. The number of carbonyl (C=O) groups excluding carboxylic acids is 2. The van der Waals surface area contributed by atoms with E-state index in [-0.39, 0.29) is 29.2 Å². The second-order valence-corrected chi connectivity index (χ2v) is 10.3. The summed E-state index contributed by atoms with van der Waals surface area (Å²) in [5.74, 6) is -0.844. The number of esters is 1. The summed E-state index contributed by atoms with van der Waals surface area (Å²) in [6.07, 6.45) is 1.27. The molecular formula is C29H29NO6S. The highest BCUT2D eigenvalue weighted by molar-refractivity contribution is 7.93. The summed E-state index contributed by atoms with van der Waals surface area (Å²) in [7, 11) is -4.22. The third kappa shape index (κ3) is 5.15. The van der Waals surface area contributed by atoms with Crippen LogP contribution < -0.4 is 4.31 Å². The zero-order valence-corrected chi connectivity index (χ0v) is 21.9. The second kappa shape index (κ2) is 11.0. The average molecular weight is 520 g/mol. The van der Waals surface area contributed by atoms with Crippen LogP contribution in [0.1, 0.15) is 49.5 Å². The number of carbonyl (C=O) groups is 2. The van der Waals surface area contributed by atoms with Crippen molar-refractivity contribution in [2.75, 3.05) is 10.9 Å². The molecule has 1 aromatic heterocycles. The van der Waals surface area contributed by atoms with Gasteiger partial charge in [-0.2, -0.15) is 0 Å². The van der Waals surface area contributed by atoms with Crippen molar-refractivity contribution in [3.8, 4) is 11.3 Å². The third-order valence-electron chi connectivity index (χ3n) is 5.98. The highest BCUT2D eigenvalue weighted by atomic mass is 32.2. The van der Waals surface area contributed by atoms with Gasteiger partial charge < -0.3 is 9.15 Å². The molecule has 0 spiro atoms. The minimum absolute atomic E-state index is 0.0111. The number of benzene rings is 3. The van der Waals surface area contributed by atoms with Gasteiger partial charge in [-0.25, -0.2) is 17.5 Å². The lowest BCUT2D eigenvalue weighted by atomic mass is 10.1. The summed E-state index contributed by atoms with van der Waals surface area (Å²) >= 11 is 0. The normalized spacial score (nSPS) is 11.4. The van der Waals surface area contributed by atoms with E-state index in [0.717, 1.165) is 16.3 Å². The van der Waals surface area contributed by atoms with Crippen LogP contribution in [0.5, 0.6) is 0 Å². The first-order valence-corrected chi connectivity index (χ1v) is 13.7. The van der Waals surface area contributed by atoms with E-state index in [0.29, 0.717) is 28.7 Å². The molecule has 7 nitrogen and oxygen atoms in total. The van der Waals surface area contributed by atoms with Crippen molar-refractivity contribution in [2.45, 2.75) is 44.9 Å². The molecular weight excluding hydrogens is 490 g/mol. The smallest absolute Gasteiger partial charge is 0.342 e. The predicted molar refractivity (Wildman–Crippen MR) is 143 cm³/mol. The fourth-order valence-electron chi connectivity index (χ4n) is 4.15. The molecule has 0 bridgehead atoms. The van der Waals surface area contributed by atoms with Crippen LogP contribution in [0, 0.1) is 0 Å². The lowest BCUT2D eigenvalue weighted by Gasteiger charge is -2.23. The second-order valence-electron chi connectivity index (χ2n) is 8.48. The Balaban J connectivity index is 1.92. The van der Waals surface area contributed by atoms with Gasteiger partial charge in [0.25, 0.3) is 10.0 Å². The van der Waals surface area contributed by atoms with Crippen molar-refractivity contribution >= 4 is 38.6 Å². The SMILES string of the molecule is CCCC(=O)N(c1ccc2oc(-c3ccccc3)c(C(=O)OCC)c2c1)S(=O)(=O)c1ccc(CC)cc1. The first-order valence-electron chi connectivity index (χ1n) is 12.3. The van der Waals surface area contributed by atoms with Crippen molar-refractivity contribution in [1.82, 2.24) is 0 Å². The Hall–Kier alpha value is -3.91. The van der Waals surface area contributed by atoms with Crippen LogP contribution in [0.4, 0.5) is 5.69 Å². The fraction of sp³-hybridized carbons (Fsp3) is 0.241. The lowest BCUT2D eigenvalue weighted by Crippen LogP contribution is -2.36. The zero-order chi connectivity index (χ0) is 26.6. The molecule has 4 rings (SSSR count). The number of nitrogens with zero attached hydrogens (tertiary/aromatic N) is 1. The molecule has 0 saturated heterocycles. The Morgan fingerprint density at radius 3 is 2.24 bits per heavy atom. The molecule has 0 fully saturated rings. The molecule has 192 valence electrons. The Kier molecular flexibility index (Phi) is 7.78. The van der Waals surface area contributed by atoms with E-state index in [9.17, 15) is 18.0 Å². The van der Waals surface area contributed by atoms with E-state index in [2.05, 4.69) is 0 Å². The van der Waals surface area contributed by atoms with Crippen molar-refractivity contribution in [1.29, 1.82) is 0 Å². The van der Waals surface area contributed by atoms with Gasteiger partial charge in [0.05, 0.1) is 17.2 Å². The largest absolute Gasteiger partial charge is 0.462 e. The van der Waals surface area contributed by atoms with Gasteiger partial charge in [0.2, 0.25) is 5.91 Å².